The maximum atomic E-state index is 13.5. The van der Waals surface area contributed by atoms with Crippen molar-refractivity contribution in [2.45, 2.75) is 51.9 Å². The summed E-state index contributed by atoms with van der Waals surface area (Å²) in [4.78, 5) is 28.5. The quantitative estimate of drug-likeness (QED) is 0.589. The molecule has 1 N–H and O–H groups in total. The lowest BCUT2D eigenvalue weighted by molar-refractivity contribution is -0.143. The van der Waals surface area contributed by atoms with Crippen LogP contribution in [-0.2, 0) is 16.0 Å². The molecule has 33 heavy (non-hydrogen) atoms. The molecule has 0 unspecified atom stereocenters. The molecule has 0 spiro atoms. The smallest absolute Gasteiger partial charge is 0.226 e. The third-order valence-electron chi connectivity index (χ3n) is 7.61. The zero-order valence-electron chi connectivity index (χ0n) is 19.8. The number of hydrogen-bond acceptors (Lipinski definition) is 2. The number of hydrogen-bond donors (Lipinski definition) is 1. The van der Waals surface area contributed by atoms with E-state index in [4.69, 9.17) is 0 Å². The molecule has 1 heterocycles. The van der Waals surface area contributed by atoms with Crippen molar-refractivity contribution < 1.29 is 9.59 Å². The molecule has 0 radical (unpaired) electrons. The lowest BCUT2D eigenvalue weighted by atomic mass is 9.71. The Morgan fingerprint density at radius 2 is 1.67 bits per heavy atom. The van der Waals surface area contributed by atoms with Crippen LogP contribution in [0.1, 0.15) is 49.7 Å². The fourth-order valence-corrected chi connectivity index (χ4v) is 5.60. The number of likely N-dealkylation sites (tertiary alicyclic amines) is 1. The number of rotatable bonds is 7. The predicted molar refractivity (Wildman–Crippen MR) is 134 cm³/mol. The number of amides is 2. The Morgan fingerprint density at radius 3 is 2.33 bits per heavy atom. The van der Waals surface area contributed by atoms with Gasteiger partial charge in [-0.05, 0) is 61.3 Å². The van der Waals surface area contributed by atoms with Crippen LogP contribution in [0.25, 0.3) is 11.1 Å². The average molecular weight is 445 g/mol. The Morgan fingerprint density at radius 1 is 1.03 bits per heavy atom. The number of carbonyl (C=O) groups is 2. The summed E-state index contributed by atoms with van der Waals surface area (Å²) in [6, 6.07) is 16.9. The SMILES string of the molecule is C=CCNC(=O)C1(Cc2ccccc2-c2ccccc2C)CCN(C(=O)C2CCCC2)CC1. The molecule has 1 saturated heterocycles. The summed E-state index contributed by atoms with van der Waals surface area (Å²) in [5.41, 5.74) is 4.30. The van der Waals surface area contributed by atoms with E-state index >= 15 is 0 Å². The molecule has 0 atom stereocenters. The summed E-state index contributed by atoms with van der Waals surface area (Å²) < 4.78 is 0. The van der Waals surface area contributed by atoms with Crippen LogP contribution in [0.15, 0.2) is 61.2 Å². The Bertz CT molecular complexity index is 998. The van der Waals surface area contributed by atoms with Crippen LogP contribution in [0.3, 0.4) is 0 Å². The maximum Gasteiger partial charge on any atom is 0.226 e. The molecule has 0 aromatic heterocycles. The molecule has 2 aromatic rings. The summed E-state index contributed by atoms with van der Waals surface area (Å²) in [6.45, 7) is 7.67. The number of nitrogens with one attached hydrogen (secondary N) is 1. The average Bonchev–Trinajstić information content (AvgIpc) is 3.38. The van der Waals surface area contributed by atoms with Crippen molar-refractivity contribution in [2.24, 2.45) is 11.3 Å². The minimum Gasteiger partial charge on any atom is -0.352 e. The standard InChI is InChI=1S/C29H36N2O2/c1-3-18-30-28(33)29(16-19-31(20-17-29)27(32)23-11-5-6-12-23)21-24-13-7-9-15-26(24)25-14-8-4-10-22(25)2/h3-4,7-10,13-15,23H,1,5-6,11-12,16-21H2,2H3,(H,30,33). The fraction of sp³-hybridized carbons (Fsp3) is 0.448. The molecule has 1 aliphatic carbocycles. The van der Waals surface area contributed by atoms with Gasteiger partial charge in [0.25, 0.3) is 0 Å². The molecular formula is C29H36N2O2. The van der Waals surface area contributed by atoms with E-state index in [1.165, 1.54) is 22.3 Å². The van der Waals surface area contributed by atoms with Gasteiger partial charge < -0.3 is 10.2 Å². The summed E-state index contributed by atoms with van der Waals surface area (Å²) in [5.74, 6) is 0.566. The van der Waals surface area contributed by atoms with Crippen molar-refractivity contribution in [1.29, 1.82) is 0 Å². The van der Waals surface area contributed by atoms with Crippen molar-refractivity contribution in [3.63, 3.8) is 0 Å². The van der Waals surface area contributed by atoms with Crippen molar-refractivity contribution in [3.8, 4) is 11.1 Å². The molecule has 2 aromatic carbocycles. The van der Waals surface area contributed by atoms with E-state index in [0.29, 0.717) is 44.8 Å². The number of aryl methyl sites for hydroxylation is 1. The second-order valence-electron chi connectivity index (χ2n) is 9.73. The first kappa shape index (κ1) is 23.3. The van der Waals surface area contributed by atoms with E-state index in [0.717, 1.165) is 25.7 Å². The molecule has 0 bridgehead atoms. The van der Waals surface area contributed by atoms with Gasteiger partial charge in [-0.2, -0.15) is 0 Å². The lowest BCUT2D eigenvalue weighted by Crippen LogP contribution is -2.52. The summed E-state index contributed by atoms with van der Waals surface area (Å²) in [6.07, 6.45) is 8.14. The molecule has 1 aliphatic heterocycles. The molecule has 4 rings (SSSR count). The molecule has 174 valence electrons. The van der Waals surface area contributed by atoms with Gasteiger partial charge in [-0.1, -0.05) is 67.4 Å². The monoisotopic (exact) mass is 444 g/mol. The van der Waals surface area contributed by atoms with Crippen LogP contribution >= 0.6 is 0 Å². The van der Waals surface area contributed by atoms with E-state index in [-0.39, 0.29) is 11.8 Å². The predicted octanol–water partition coefficient (Wildman–Crippen LogP) is 5.31. The number of carbonyl (C=O) groups excluding carboxylic acids is 2. The van der Waals surface area contributed by atoms with Gasteiger partial charge in [-0.25, -0.2) is 0 Å². The number of nitrogens with zero attached hydrogens (tertiary/aromatic N) is 1. The van der Waals surface area contributed by atoms with Crippen LogP contribution in [0.2, 0.25) is 0 Å². The third kappa shape index (κ3) is 5.05. The van der Waals surface area contributed by atoms with E-state index in [9.17, 15) is 9.59 Å². The topological polar surface area (TPSA) is 49.4 Å². The Kier molecular flexibility index (Phi) is 7.32. The summed E-state index contributed by atoms with van der Waals surface area (Å²) >= 11 is 0. The van der Waals surface area contributed by atoms with E-state index < -0.39 is 5.41 Å². The normalized spacial score (nSPS) is 18.2. The summed E-state index contributed by atoms with van der Waals surface area (Å²) in [5, 5.41) is 3.07. The number of benzene rings is 2. The van der Waals surface area contributed by atoms with Crippen molar-refractivity contribution in [2.75, 3.05) is 19.6 Å². The van der Waals surface area contributed by atoms with Gasteiger partial charge in [0, 0.05) is 25.6 Å². The van der Waals surface area contributed by atoms with Crippen LogP contribution < -0.4 is 5.32 Å². The Balaban J connectivity index is 1.59. The molecule has 4 nitrogen and oxygen atoms in total. The highest BCUT2D eigenvalue weighted by Gasteiger charge is 2.43. The molecule has 2 fully saturated rings. The lowest BCUT2D eigenvalue weighted by Gasteiger charge is -2.42. The van der Waals surface area contributed by atoms with Crippen LogP contribution in [0, 0.1) is 18.3 Å². The first-order chi connectivity index (χ1) is 16.0. The minimum atomic E-state index is -0.520. The largest absolute Gasteiger partial charge is 0.352 e. The fourth-order valence-electron chi connectivity index (χ4n) is 5.60. The number of piperidine rings is 1. The molecule has 4 heteroatoms. The third-order valence-corrected chi connectivity index (χ3v) is 7.61. The zero-order chi connectivity index (χ0) is 23.3. The minimum absolute atomic E-state index is 0.0787. The van der Waals surface area contributed by atoms with E-state index in [2.05, 4.69) is 67.4 Å². The van der Waals surface area contributed by atoms with Gasteiger partial charge in [-0.15, -0.1) is 6.58 Å². The van der Waals surface area contributed by atoms with Crippen LogP contribution in [0.4, 0.5) is 0 Å². The van der Waals surface area contributed by atoms with Crippen LogP contribution in [-0.4, -0.2) is 36.3 Å². The first-order valence-electron chi connectivity index (χ1n) is 12.4. The summed E-state index contributed by atoms with van der Waals surface area (Å²) in [7, 11) is 0. The van der Waals surface area contributed by atoms with Gasteiger partial charge in [0.05, 0.1) is 5.41 Å². The van der Waals surface area contributed by atoms with Crippen molar-refractivity contribution in [1.82, 2.24) is 10.2 Å². The Labute approximate surface area is 198 Å². The first-order valence-corrected chi connectivity index (χ1v) is 12.4. The van der Waals surface area contributed by atoms with Gasteiger partial charge in [0.15, 0.2) is 0 Å². The van der Waals surface area contributed by atoms with Crippen LogP contribution in [0.5, 0.6) is 0 Å². The van der Waals surface area contributed by atoms with Crippen molar-refractivity contribution >= 4 is 11.8 Å². The zero-order valence-corrected chi connectivity index (χ0v) is 19.8. The van der Waals surface area contributed by atoms with Gasteiger partial charge >= 0.3 is 0 Å². The molecule has 1 saturated carbocycles. The highest BCUT2D eigenvalue weighted by molar-refractivity contribution is 5.85. The van der Waals surface area contributed by atoms with Crippen molar-refractivity contribution in [3.05, 3.63) is 72.3 Å². The van der Waals surface area contributed by atoms with E-state index in [1.54, 1.807) is 6.08 Å². The molecular weight excluding hydrogens is 408 g/mol. The Hall–Kier alpha value is -2.88. The second kappa shape index (κ2) is 10.4. The molecule has 2 aliphatic rings. The van der Waals surface area contributed by atoms with Gasteiger partial charge in [0.2, 0.25) is 11.8 Å². The highest BCUT2D eigenvalue weighted by Crippen LogP contribution is 2.39. The van der Waals surface area contributed by atoms with Gasteiger partial charge in [0.1, 0.15) is 0 Å². The molecule has 2 amide bonds. The van der Waals surface area contributed by atoms with E-state index in [1.807, 2.05) is 4.90 Å². The second-order valence-corrected chi connectivity index (χ2v) is 9.73. The van der Waals surface area contributed by atoms with Gasteiger partial charge in [-0.3, -0.25) is 9.59 Å². The maximum absolute atomic E-state index is 13.5. The highest BCUT2D eigenvalue weighted by atomic mass is 16.2.